The van der Waals surface area contributed by atoms with E-state index in [1.165, 1.54) is 16.8 Å². The maximum Gasteiger partial charge on any atom is 0.410 e. The number of ether oxygens (including phenoxy) is 2. The van der Waals surface area contributed by atoms with Gasteiger partial charge in [-0.15, -0.1) is 0 Å². The molecular formula is C28H37N3O4. The number of amides is 1. The smallest absolute Gasteiger partial charge is 0.410 e. The van der Waals surface area contributed by atoms with Crippen molar-refractivity contribution in [2.45, 2.75) is 45.3 Å². The first-order valence-corrected chi connectivity index (χ1v) is 12.7. The standard InChI is InChI=1S/C28H37N3O4/c1-3-34-27(32)14-15-30-16-18-31(19-17-30)24-12-13-25-23(20-24)10-7-11-26(25)29(2)28(33)35-21-22-8-5-4-6-9-22/h4-6,8-9,12-13,20,26H,3,7,10-11,14-19,21H2,1-2H3. The van der Waals surface area contributed by atoms with Crippen molar-refractivity contribution < 1.29 is 19.1 Å². The summed E-state index contributed by atoms with van der Waals surface area (Å²) in [6.07, 6.45) is 3.21. The Kier molecular flexibility index (Phi) is 8.64. The molecule has 0 saturated carbocycles. The number of rotatable bonds is 8. The Balaban J connectivity index is 1.33. The van der Waals surface area contributed by atoms with Crippen molar-refractivity contribution in [1.29, 1.82) is 0 Å². The van der Waals surface area contributed by atoms with Crippen LogP contribution in [0.1, 0.15) is 48.9 Å². The van der Waals surface area contributed by atoms with Crippen LogP contribution in [0.15, 0.2) is 48.5 Å². The predicted molar refractivity (Wildman–Crippen MR) is 136 cm³/mol. The zero-order valence-electron chi connectivity index (χ0n) is 20.9. The molecule has 1 aliphatic carbocycles. The van der Waals surface area contributed by atoms with E-state index >= 15 is 0 Å². The van der Waals surface area contributed by atoms with Crippen molar-refractivity contribution >= 4 is 17.7 Å². The molecule has 1 atom stereocenters. The minimum Gasteiger partial charge on any atom is -0.466 e. The lowest BCUT2D eigenvalue weighted by atomic mass is 9.86. The summed E-state index contributed by atoms with van der Waals surface area (Å²) in [5.74, 6) is -0.118. The van der Waals surface area contributed by atoms with E-state index in [1.807, 2.05) is 44.3 Å². The molecule has 1 aliphatic heterocycles. The number of carbonyl (C=O) groups excluding carboxylic acids is 2. The third-order valence-corrected chi connectivity index (χ3v) is 7.04. The van der Waals surface area contributed by atoms with E-state index in [9.17, 15) is 9.59 Å². The third kappa shape index (κ3) is 6.54. The van der Waals surface area contributed by atoms with Crippen molar-refractivity contribution in [3.63, 3.8) is 0 Å². The Labute approximate surface area is 208 Å². The van der Waals surface area contributed by atoms with Crippen LogP contribution in [0.2, 0.25) is 0 Å². The van der Waals surface area contributed by atoms with Crippen molar-refractivity contribution in [2.24, 2.45) is 0 Å². The van der Waals surface area contributed by atoms with Crippen LogP contribution in [0, 0.1) is 0 Å². The molecule has 0 radical (unpaired) electrons. The molecule has 4 rings (SSSR count). The number of aryl methyl sites for hydroxylation is 1. The van der Waals surface area contributed by atoms with Gasteiger partial charge in [0.1, 0.15) is 6.61 Å². The predicted octanol–water partition coefficient (Wildman–Crippen LogP) is 4.41. The van der Waals surface area contributed by atoms with Gasteiger partial charge >= 0.3 is 12.1 Å². The fraction of sp³-hybridized carbons (Fsp3) is 0.500. The topological polar surface area (TPSA) is 62.3 Å². The highest BCUT2D eigenvalue weighted by Crippen LogP contribution is 2.36. The van der Waals surface area contributed by atoms with E-state index in [0.29, 0.717) is 13.0 Å². The van der Waals surface area contributed by atoms with Crippen molar-refractivity contribution in [2.75, 3.05) is 51.3 Å². The first kappa shape index (κ1) is 25.0. The van der Waals surface area contributed by atoms with E-state index in [-0.39, 0.29) is 24.7 Å². The SMILES string of the molecule is CCOC(=O)CCN1CCN(c2ccc3c(c2)CCCC3N(C)C(=O)OCc2ccccc2)CC1. The normalized spacial score (nSPS) is 18.0. The first-order chi connectivity index (χ1) is 17.0. The molecule has 1 amide bonds. The van der Waals surface area contributed by atoms with Gasteiger partial charge in [-0.1, -0.05) is 36.4 Å². The monoisotopic (exact) mass is 479 g/mol. The van der Waals surface area contributed by atoms with Crippen LogP contribution in [-0.2, 0) is 27.3 Å². The van der Waals surface area contributed by atoms with Gasteiger partial charge < -0.3 is 19.3 Å². The van der Waals surface area contributed by atoms with Gasteiger partial charge in [0, 0.05) is 45.5 Å². The largest absolute Gasteiger partial charge is 0.466 e. The molecule has 2 aromatic rings. The molecule has 35 heavy (non-hydrogen) atoms. The van der Waals surface area contributed by atoms with Gasteiger partial charge in [-0.3, -0.25) is 9.69 Å². The molecule has 188 valence electrons. The molecule has 0 aromatic heterocycles. The molecule has 1 heterocycles. The van der Waals surface area contributed by atoms with E-state index in [0.717, 1.165) is 57.5 Å². The fourth-order valence-electron chi connectivity index (χ4n) is 5.03. The van der Waals surface area contributed by atoms with Crippen molar-refractivity contribution in [1.82, 2.24) is 9.80 Å². The molecule has 0 bridgehead atoms. The summed E-state index contributed by atoms with van der Waals surface area (Å²) in [6, 6.07) is 16.5. The molecule has 1 fully saturated rings. The lowest BCUT2D eigenvalue weighted by Crippen LogP contribution is -2.47. The van der Waals surface area contributed by atoms with Crippen LogP contribution < -0.4 is 4.90 Å². The molecule has 2 aliphatic rings. The summed E-state index contributed by atoms with van der Waals surface area (Å²) >= 11 is 0. The highest BCUT2D eigenvalue weighted by Gasteiger charge is 2.28. The van der Waals surface area contributed by atoms with Crippen molar-refractivity contribution in [3.05, 3.63) is 65.2 Å². The molecule has 1 unspecified atom stereocenters. The zero-order chi connectivity index (χ0) is 24.6. The van der Waals surface area contributed by atoms with Crippen LogP contribution in [0.25, 0.3) is 0 Å². The highest BCUT2D eigenvalue weighted by atomic mass is 16.6. The summed E-state index contributed by atoms with van der Waals surface area (Å²) in [5, 5.41) is 0. The Morgan fingerprint density at radius 3 is 2.54 bits per heavy atom. The number of nitrogens with zero attached hydrogens (tertiary/aromatic N) is 3. The number of piperazine rings is 1. The summed E-state index contributed by atoms with van der Waals surface area (Å²) < 4.78 is 10.6. The Bertz CT molecular complexity index is 989. The van der Waals surface area contributed by atoms with Crippen LogP contribution in [0.5, 0.6) is 0 Å². The molecule has 0 N–H and O–H groups in total. The quantitative estimate of drug-likeness (QED) is 0.523. The summed E-state index contributed by atoms with van der Waals surface area (Å²) in [4.78, 5) is 30.9. The van der Waals surface area contributed by atoms with Gasteiger partial charge in [-0.2, -0.15) is 0 Å². The van der Waals surface area contributed by atoms with Crippen LogP contribution in [0.3, 0.4) is 0 Å². The fourth-order valence-corrected chi connectivity index (χ4v) is 5.03. The maximum absolute atomic E-state index is 12.8. The number of anilines is 1. The molecule has 0 spiro atoms. The van der Waals surface area contributed by atoms with Gasteiger partial charge in [0.25, 0.3) is 0 Å². The van der Waals surface area contributed by atoms with Crippen LogP contribution in [0.4, 0.5) is 10.5 Å². The summed E-state index contributed by atoms with van der Waals surface area (Å²) in [5.41, 5.74) is 4.78. The van der Waals surface area contributed by atoms with E-state index in [4.69, 9.17) is 9.47 Å². The van der Waals surface area contributed by atoms with Crippen molar-refractivity contribution in [3.8, 4) is 0 Å². The van der Waals surface area contributed by atoms with Gasteiger partial charge in [-0.05, 0) is 55.0 Å². The minimum absolute atomic E-state index is 0.0378. The third-order valence-electron chi connectivity index (χ3n) is 7.04. The number of hydrogen-bond acceptors (Lipinski definition) is 6. The number of benzene rings is 2. The summed E-state index contributed by atoms with van der Waals surface area (Å²) in [7, 11) is 1.84. The average molecular weight is 480 g/mol. The Hall–Kier alpha value is -3.06. The lowest BCUT2D eigenvalue weighted by molar-refractivity contribution is -0.143. The average Bonchev–Trinajstić information content (AvgIpc) is 2.90. The van der Waals surface area contributed by atoms with Gasteiger partial charge in [0.2, 0.25) is 0 Å². The highest BCUT2D eigenvalue weighted by molar-refractivity contribution is 5.69. The number of carbonyl (C=O) groups is 2. The second kappa shape index (κ2) is 12.1. The van der Waals surface area contributed by atoms with E-state index in [2.05, 4.69) is 28.0 Å². The molecule has 1 saturated heterocycles. The van der Waals surface area contributed by atoms with Gasteiger partial charge in [0.15, 0.2) is 0 Å². The number of hydrogen-bond donors (Lipinski definition) is 0. The second-order valence-corrected chi connectivity index (χ2v) is 9.33. The Morgan fingerprint density at radius 1 is 1.03 bits per heavy atom. The van der Waals surface area contributed by atoms with Gasteiger partial charge in [-0.25, -0.2) is 4.79 Å². The minimum atomic E-state index is -0.283. The van der Waals surface area contributed by atoms with Gasteiger partial charge in [0.05, 0.1) is 19.1 Å². The molecule has 7 heteroatoms. The summed E-state index contributed by atoms with van der Waals surface area (Å²) in [6.45, 7) is 7.08. The number of esters is 1. The first-order valence-electron chi connectivity index (χ1n) is 12.7. The maximum atomic E-state index is 12.8. The number of fused-ring (bicyclic) bond motifs is 1. The van der Waals surface area contributed by atoms with E-state index < -0.39 is 0 Å². The molecule has 7 nitrogen and oxygen atoms in total. The van der Waals surface area contributed by atoms with Crippen LogP contribution >= 0.6 is 0 Å². The second-order valence-electron chi connectivity index (χ2n) is 9.33. The van der Waals surface area contributed by atoms with Crippen LogP contribution in [-0.4, -0.2) is 68.2 Å². The molecule has 2 aromatic carbocycles. The Morgan fingerprint density at radius 2 is 1.80 bits per heavy atom. The zero-order valence-corrected chi connectivity index (χ0v) is 20.9. The lowest BCUT2D eigenvalue weighted by Gasteiger charge is -2.37. The molecular weight excluding hydrogens is 442 g/mol. The van der Waals surface area contributed by atoms with E-state index in [1.54, 1.807) is 4.90 Å².